The number of hydrogen-bond acceptors (Lipinski definition) is 7. The van der Waals surface area contributed by atoms with Crippen molar-refractivity contribution in [3.8, 4) is 0 Å². The molecule has 4 rings (SSSR count). The van der Waals surface area contributed by atoms with E-state index in [0.29, 0.717) is 31.1 Å². The van der Waals surface area contributed by atoms with E-state index in [1.807, 2.05) is 18.9 Å². The molecule has 0 spiro atoms. The molecule has 3 aliphatic rings. The summed E-state index contributed by atoms with van der Waals surface area (Å²) in [6, 6.07) is 2.64. The number of amides is 1. The molecule has 0 bridgehead atoms. The van der Waals surface area contributed by atoms with E-state index >= 15 is 0 Å². The number of anilines is 2. The van der Waals surface area contributed by atoms with Gasteiger partial charge in [-0.1, -0.05) is 0 Å². The number of piperidine rings is 2. The second-order valence-electron chi connectivity index (χ2n) is 8.43. The zero-order chi connectivity index (χ0) is 20.2. The highest BCUT2D eigenvalue weighted by molar-refractivity contribution is 5.79. The van der Waals surface area contributed by atoms with Crippen molar-refractivity contribution in [3.63, 3.8) is 0 Å². The third-order valence-corrected chi connectivity index (χ3v) is 6.49. The maximum Gasteiger partial charge on any atom is 0.227 e. The molecule has 0 radical (unpaired) electrons. The van der Waals surface area contributed by atoms with Crippen LogP contribution in [0.2, 0.25) is 0 Å². The first kappa shape index (κ1) is 20.3. The van der Waals surface area contributed by atoms with E-state index in [9.17, 15) is 4.79 Å². The zero-order valence-corrected chi connectivity index (χ0v) is 17.8. The Kier molecular flexibility index (Phi) is 6.50. The minimum Gasteiger partial charge on any atom is -0.378 e. The minimum absolute atomic E-state index is 0.155. The summed E-state index contributed by atoms with van der Waals surface area (Å²) in [5.74, 6) is 2.19. The van der Waals surface area contributed by atoms with Gasteiger partial charge < -0.3 is 19.9 Å². The summed E-state index contributed by atoms with van der Waals surface area (Å²) in [5.41, 5.74) is 0.988. The molecule has 1 atom stereocenters. The Bertz CT molecular complexity index is 700. The largest absolute Gasteiger partial charge is 0.378 e. The molecule has 0 aliphatic carbocycles. The first-order valence-electron chi connectivity index (χ1n) is 11.0. The van der Waals surface area contributed by atoms with Crippen molar-refractivity contribution in [2.75, 3.05) is 69.7 Å². The molecule has 0 aromatic carbocycles. The van der Waals surface area contributed by atoms with Gasteiger partial charge in [0.2, 0.25) is 11.9 Å². The number of nitrogens with one attached hydrogen (secondary N) is 1. The summed E-state index contributed by atoms with van der Waals surface area (Å²) in [4.78, 5) is 28.9. The van der Waals surface area contributed by atoms with Crippen molar-refractivity contribution in [1.29, 1.82) is 0 Å². The van der Waals surface area contributed by atoms with Crippen LogP contribution >= 0.6 is 0 Å². The number of morpholine rings is 1. The van der Waals surface area contributed by atoms with Crippen LogP contribution in [0.15, 0.2) is 6.07 Å². The van der Waals surface area contributed by atoms with Crippen LogP contribution in [0.1, 0.15) is 31.4 Å². The van der Waals surface area contributed by atoms with Crippen LogP contribution in [-0.4, -0.2) is 91.2 Å². The summed E-state index contributed by atoms with van der Waals surface area (Å²) in [6.45, 7) is 8.91. The summed E-state index contributed by atoms with van der Waals surface area (Å²) < 4.78 is 5.40. The monoisotopic (exact) mass is 402 g/mol. The van der Waals surface area contributed by atoms with E-state index in [0.717, 1.165) is 76.5 Å². The molecule has 1 amide bonds. The van der Waals surface area contributed by atoms with Crippen molar-refractivity contribution >= 4 is 17.7 Å². The Morgan fingerprint density at radius 1 is 1.10 bits per heavy atom. The molecule has 3 aliphatic heterocycles. The maximum atomic E-state index is 12.9. The molecule has 4 heterocycles. The molecule has 1 aromatic rings. The Morgan fingerprint density at radius 2 is 1.86 bits per heavy atom. The Labute approximate surface area is 173 Å². The van der Waals surface area contributed by atoms with E-state index in [1.165, 1.54) is 0 Å². The van der Waals surface area contributed by atoms with Gasteiger partial charge in [0.05, 0.1) is 19.1 Å². The van der Waals surface area contributed by atoms with Gasteiger partial charge in [0, 0.05) is 57.6 Å². The van der Waals surface area contributed by atoms with Crippen molar-refractivity contribution in [2.45, 2.75) is 38.6 Å². The second-order valence-corrected chi connectivity index (χ2v) is 8.43. The highest BCUT2D eigenvalue weighted by atomic mass is 16.5. The topological polar surface area (TPSA) is 73.8 Å². The molecule has 8 heteroatoms. The van der Waals surface area contributed by atoms with Crippen LogP contribution < -0.4 is 10.2 Å². The van der Waals surface area contributed by atoms with Gasteiger partial charge in [-0.15, -0.1) is 0 Å². The molecule has 8 nitrogen and oxygen atoms in total. The number of aromatic nitrogens is 2. The zero-order valence-electron chi connectivity index (χ0n) is 17.8. The molecule has 3 saturated heterocycles. The van der Waals surface area contributed by atoms with E-state index in [2.05, 4.69) is 31.2 Å². The normalized spacial score (nSPS) is 24.6. The number of aryl methyl sites for hydroxylation is 1. The smallest absolute Gasteiger partial charge is 0.227 e. The molecule has 0 unspecified atom stereocenters. The summed E-state index contributed by atoms with van der Waals surface area (Å²) in [5, 5.41) is 3.05. The lowest BCUT2D eigenvalue weighted by Crippen LogP contribution is -2.52. The fraction of sp³-hybridized carbons (Fsp3) is 0.762. The quantitative estimate of drug-likeness (QED) is 0.815. The fourth-order valence-electron chi connectivity index (χ4n) is 4.87. The van der Waals surface area contributed by atoms with Gasteiger partial charge in [-0.05, 0) is 39.2 Å². The van der Waals surface area contributed by atoms with Crippen molar-refractivity contribution in [1.82, 2.24) is 19.8 Å². The molecular weight excluding hydrogens is 368 g/mol. The van der Waals surface area contributed by atoms with Crippen LogP contribution in [0.25, 0.3) is 0 Å². The second kappa shape index (κ2) is 9.26. The van der Waals surface area contributed by atoms with Gasteiger partial charge in [0.1, 0.15) is 5.82 Å². The minimum atomic E-state index is 0.155. The van der Waals surface area contributed by atoms with E-state index < -0.39 is 0 Å². The van der Waals surface area contributed by atoms with Gasteiger partial charge in [-0.2, -0.15) is 4.98 Å². The predicted octanol–water partition coefficient (Wildman–Crippen LogP) is 1.37. The molecule has 3 fully saturated rings. The fourth-order valence-corrected chi connectivity index (χ4v) is 4.87. The van der Waals surface area contributed by atoms with E-state index in [-0.39, 0.29) is 5.92 Å². The lowest BCUT2D eigenvalue weighted by atomic mass is 9.92. The Balaban J connectivity index is 1.32. The summed E-state index contributed by atoms with van der Waals surface area (Å²) in [7, 11) is 1.86. The number of hydrogen-bond donors (Lipinski definition) is 1. The summed E-state index contributed by atoms with van der Waals surface area (Å²) in [6.07, 6.45) is 4.39. The molecule has 1 N–H and O–H groups in total. The number of likely N-dealkylation sites (tertiary alicyclic amines) is 1. The third-order valence-electron chi connectivity index (χ3n) is 6.49. The van der Waals surface area contributed by atoms with E-state index in [4.69, 9.17) is 4.74 Å². The standard InChI is InChI=1S/C21H34N6O2/c1-16-14-19(24-21(22-2)23-16)25-8-5-18(6-9-25)27-7-3-4-17(15-27)20(28)26-10-12-29-13-11-26/h14,17-18H,3-13,15H2,1-2H3,(H,22,23,24)/t17-/m0/s1. The van der Waals surface area contributed by atoms with Gasteiger partial charge in [-0.3, -0.25) is 9.69 Å². The van der Waals surface area contributed by atoms with Crippen molar-refractivity contribution in [2.24, 2.45) is 5.92 Å². The van der Waals surface area contributed by atoms with Gasteiger partial charge >= 0.3 is 0 Å². The van der Waals surface area contributed by atoms with Gasteiger partial charge in [0.25, 0.3) is 0 Å². The Morgan fingerprint density at radius 3 is 2.59 bits per heavy atom. The molecule has 0 saturated carbocycles. The average molecular weight is 403 g/mol. The number of ether oxygens (including phenoxy) is 1. The average Bonchev–Trinajstić information content (AvgIpc) is 2.79. The molecule has 29 heavy (non-hydrogen) atoms. The molecule has 1 aromatic heterocycles. The third kappa shape index (κ3) is 4.80. The first-order chi connectivity index (χ1) is 14.1. The van der Waals surface area contributed by atoms with Crippen LogP contribution in [0.4, 0.5) is 11.8 Å². The number of rotatable bonds is 4. The number of carbonyl (C=O) groups is 1. The maximum absolute atomic E-state index is 12.9. The summed E-state index contributed by atoms with van der Waals surface area (Å²) >= 11 is 0. The van der Waals surface area contributed by atoms with Crippen molar-refractivity contribution in [3.05, 3.63) is 11.8 Å². The van der Waals surface area contributed by atoms with Crippen LogP contribution in [0.3, 0.4) is 0 Å². The highest BCUT2D eigenvalue weighted by Gasteiger charge is 2.34. The van der Waals surface area contributed by atoms with Crippen LogP contribution in [0, 0.1) is 12.8 Å². The lowest BCUT2D eigenvalue weighted by Gasteiger charge is -2.43. The lowest BCUT2D eigenvalue weighted by molar-refractivity contribution is -0.141. The number of carbonyl (C=O) groups excluding carboxylic acids is 1. The van der Waals surface area contributed by atoms with Crippen LogP contribution in [-0.2, 0) is 9.53 Å². The highest BCUT2D eigenvalue weighted by Crippen LogP contribution is 2.27. The first-order valence-corrected chi connectivity index (χ1v) is 11.0. The van der Waals surface area contributed by atoms with E-state index in [1.54, 1.807) is 0 Å². The van der Waals surface area contributed by atoms with Gasteiger partial charge in [-0.25, -0.2) is 4.98 Å². The molecule has 160 valence electrons. The SMILES string of the molecule is CNc1nc(C)cc(N2CCC(N3CCC[C@H](C(=O)N4CCOCC4)C3)CC2)n1. The van der Waals surface area contributed by atoms with Crippen LogP contribution in [0.5, 0.6) is 0 Å². The van der Waals surface area contributed by atoms with Crippen molar-refractivity contribution < 1.29 is 9.53 Å². The number of nitrogens with zero attached hydrogens (tertiary/aromatic N) is 5. The molecular formula is C21H34N6O2. The Hall–Kier alpha value is -1.93. The predicted molar refractivity (Wildman–Crippen MR) is 113 cm³/mol. The van der Waals surface area contributed by atoms with Gasteiger partial charge in [0.15, 0.2) is 0 Å².